The Bertz CT molecular complexity index is 1100. The van der Waals surface area contributed by atoms with Gasteiger partial charge >= 0.3 is 5.76 Å². The molecule has 0 aliphatic heterocycles. The molecule has 0 bridgehead atoms. The molecule has 0 aliphatic rings. The molecule has 0 radical (unpaired) electrons. The standard InChI is InChI=1S/C17H10ClFN4O3/c18-12-5-1-10(2-6-12)15-21-20-14(25-15)9-23-17(24)26-16(22-23)11-3-7-13(19)8-4-11/h1-8H,9H2. The van der Waals surface area contributed by atoms with Gasteiger partial charge in [-0.25, -0.2) is 9.18 Å². The lowest BCUT2D eigenvalue weighted by Gasteiger charge is -1.95. The summed E-state index contributed by atoms with van der Waals surface area (Å²) in [6.07, 6.45) is 0. The summed E-state index contributed by atoms with van der Waals surface area (Å²) in [6.45, 7) is -0.0515. The first-order valence-electron chi connectivity index (χ1n) is 7.51. The van der Waals surface area contributed by atoms with Gasteiger partial charge in [0, 0.05) is 16.1 Å². The maximum absolute atomic E-state index is 13.0. The monoisotopic (exact) mass is 372 g/mol. The molecule has 2 aromatic carbocycles. The van der Waals surface area contributed by atoms with Crippen LogP contribution < -0.4 is 5.76 Å². The van der Waals surface area contributed by atoms with Crippen molar-refractivity contribution < 1.29 is 13.2 Å². The highest BCUT2D eigenvalue weighted by Gasteiger charge is 2.14. The molecule has 2 heterocycles. The lowest BCUT2D eigenvalue weighted by molar-refractivity contribution is 0.444. The third-order valence-corrected chi connectivity index (χ3v) is 3.79. The number of aromatic nitrogens is 4. The Hall–Kier alpha value is -3.26. The predicted octanol–water partition coefficient (Wildman–Crippen LogP) is 3.39. The molecule has 26 heavy (non-hydrogen) atoms. The molecular weight excluding hydrogens is 363 g/mol. The number of hydrogen-bond donors (Lipinski definition) is 0. The average molecular weight is 373 g/mol. The third-order valence-electron chi connectivity index (χ3n) is 3.54. The smallest absolute Gasteiger partial charge is 0.419 e. The van der Waals surface area contributed by atoms with Gasteiger partial charge in [0.1, 0.15) is 12.4 Å². The van der Waals surface area contributed by atoms with Crippen molar-refractivity contribution >= 4 is 11.6 Å². The minimum absolute atomic E-state index is 0.0515. The van der Waals surface area contributed by atoms with Crippen LogP contribution in [0.2, 0.25) is 5.02 Å². The first-order chi connectivity index (χ1) is 12.6. The summed E-state index contributed by atoms with van der Waals surface area (Å²) < 4.78 is 24.7. The summed E-state index contributed by atoms with van der Waals surface area (Å²) in [5.41, 5.74) is 1.18. The Labute approximate surface area is 150 Å². The summed E-state index contributed by atoms with van der Waals surface area (Å²) in [4.78, 5) is 12.0. The molecule has 4 aromatic rings. The maximum Gasteiger partial charge on any atom is 0.437 e. The summed E-state index contributed by atoms with van der Waals surface area (Å²) >= 11 is 5.85. The van der Waals surface area contributed by atoms with Crippen LogP contribution in [0, 0.1) is 5.82 Å². The molecule has 7 nitrogen and oxygen atoms in total. The van der Waals surface area contributed by atoms with Crippen LogP contribution in [0.15, 0.2) is 62.2 Å². The highest BCUT2D eigenvalue weighted by molar-refractivity contribution is 6.30. The molecule has 0 saturated carbocycles. The van der Waals surface area contributed by atoms with Crippen LogP contribution in [0.5, 0.6) is 0 Å². The minimum atomic E-state index is -0.685. The minimum Gasteiger partial charge on any atom is -0.419 e. The van der Waals surface area contributed by atoms with E-state index < -0.39 is 11.6 Å². The van der Waals surface area contributed by atoms with Gasteiger partial charge in [-0.15, -0.1) is 15.3 Å². The lowest BCUT2D eigenvalue weighted by Crippen LogP contribution is -2.16. The highest BCUT2D eigenvalue weighted by atomic mass is 35.5. The van der Waals surface area contributed by atoms with Crippen molar-refractivity contribution in [1.29, 1.82) is 0 Å². The Morgan fingerprint density at radius 2 is 1.58 bits per heavy atom. The Balaban J connectivity index is 1.57. The van der Waals surface area contributed by atoms with Gasteiger partial charge in [-0.1, -0.05) is 11.6 Å². The quantitative estimate of drug-likeness (QED) is 0.545. The van der Waals surface area contributed by atoms with Gasteiger partial charge in [0.25, 0.3) is 0 Å². The molecule has 0 fully saturated rings. The number of benzene rings is 2. The van der Waals surface area contributed by atoms with Crippen LogP contribution in [0.3, 0.4) is 0 Å². The normalized spacial score (nSPS) is 11.0. The van der Waals surface area contributed by atoms with E-state index in [4.69, 9.17) is 20.4 Å². The number of nitrogens with zero attached hydrogens (tertiary/aromatic N) is 4. The molecule has 0 spiro atoms. The van der Waals surface area contributed by atoms with Crippen molar-refractivity contribution in [3.8, 4) is 22.9 Å². The second-order valence-electron chi connectivity index (χ2n) is 5.35. The second kappa shape index (κ2) is 6.57. The number of hydrogen-bond acceptors (Lipinski definition) is 6. The van der Waals surface area contributed by atoms with Crippen LogP contribution in [0.1, 0.15) is 5.89 Å². The van der Waals surface area contributed by atoms with E-state index in [1.165, 1.54) is 24.3 Å². The van der Waals surface area contributed by atoms with E-state index in [0.717, 1.165) is 4.68 Å². The van der Waals surface area contributed by atoms with Gasteiger partial charge in [-0.2, -0.15) is 4.68 Å². The zero-order valence-corrected chi connectivity index (χ0v) is 13.9. The Morgan fingerprint density at radius 3 is 2.31 bits per heavy atom. The van der Waals surface area contributed by atoms with Crippen molar-refractivity contribution in [2.24, 2.45) is 0 Å². The van der Waals surface area contributed by atoms with Gasteiger partial charge in [-0.3, -0.25) is 0 Å². The van der Waals surface area contributed by atoms with Crippen molar-refractivity contribution in [3.05, 3.63) is 75.8 Å². The molecule has 0 aliphatic carbocycles. The van der Waals surface area contributed by atoms with E-state index in [9.17, 15) is 9.18 Å². The van der Waals surface area contributed by atoms with Crippen LogP contribution in [-0.4, -0.2) is 20.0 Å². The van der Waals surface area contributed by atoms with E-state index in [-0.39, 0.29) is 18.3 Å². The molecule has 0 amide bonds. The molecule has 130 valence electrons. The molecule has 0 unspecified atom stereocenters. The molecule has 0 N–H and O–H groups in total. The van der Waals surface area contributed by atoms with E-state index in [0.29, 0.717) is 22.0 Å². The first-order valence-corrected chi connectivity index (χ1v) is 7.88. The zero-order chi connectivity index (χ0) is 18.1. The third kappa shape index (κ3) is 3.27. The van der Waals surface area contributed by atoms with Crippen molar-refractivity contribution in [1.82, 2.24) is 20.0 Å². The molecule has 9 heteroatoms. The Kier molecular flexibility index (Phi) is 4.10. The molecule has 0 saturated heterocycles. The van der Waals surface area contributed by atoms with Gasteiger partial charge in [0.2, 0.25) is 17.7 Å². The fourth-order valence-corrected chi connectivity index (χ4v) is 2.40. The highest BCUT2D eigenvalue weighted by Crippen LogP contribution is 2.20. The van der Waals surface area contributed by atoms with Crippen LogP contribution in [0.25, 0.3) is 22.9 Å². The van der Waals surface area contributed by atoms with E-state index in [1.807, 2.05) is 0 Å². The fourth-order valence-electron chi connectivity index (χ4n) is 2.27. The number of rotatable bonds is 4. The van der Waals surface area contributed by atoms with E-state index in [2.05, 4.69) is 15.3 Å². The summed E-state index contributed by atoms with van der Waals surface area (Å²) in [5, 5.41) is 12.5. The number of halogens is 2. The maximum atomic E-state index is 13.0. The summed E-state index contributed by atoms with van der Waals surface area (Å²) in [7, 11) is 0. The van der Waals surface area contributed by atoms with Crippen LogP contribution >= 0.6 is 11.6 Å². The molecular formula is C17H10ClFN4O3. The van der Waals surface area contributed by atoms with E-state index in [1.54, 1.807) is 24.3 Å². The molecule has 2 aromatic heterocycles. The van der Waals surface area contributed by atoms with Crippen molar-refractivity contribution in [2.45, 2.75) is 6.54 Å². The van der Waals surface area contributed by atoms with Gasteiger partial charge < -0.3 is 8.83 Å². The fraction of sp³-hybridized carbons (Fsp3) is 0.0588. The van der Waals surface area contributed by atoms with Crippen molar-refractivity contribution in [2.75, 3.05) is 0 Å². The van der Waals surface area contributed by atoms with Crippen LogP contribution in [0.4, 0.5) is 4.39 Å². The van der Waals surface area contributed by atoms with Gasteiger partial charge in [0.05, 0.1) is 0 Å². The zero-order valence-electron chi connectivity index (χ0n) is 13.1. The van der Waals surface area contributed by atoms with E-state index >= 15 is 0 Å². The molecule has 4 rings (SSSR count). The van der Waals surface area contributed by atoms with Gasteiger partial charge in [0.15, 0.2) is 0 Å². The first kappa shape index (κ1) is 16.2. The lowest BCUT2D eigenvalue weighted by atomic mass is 10.2. The Morgan fingerprint density at radius 1 is 0.923 bits per heavy atom. The second-order valence-corrected chi connectivity index (χ2v) is 5.78. The van der Waals surface area contributed by atoms with Crippen molar-refractivity contribution in [3.63, 3.8) is 0 Å². The summed E-state index contributed by atoms with van der Waals surface area (Å²) in [6, 6.07) is 12.3. The SMILES string of the molecule is O=c1oc(-c2ccc(F)cc2)nn1Cc1nnc(-c2ccc(Cl)cc2)o1. The summed E-state index contributed by atoms with van der Waals surface area (Å²) in [5.74, 6) is -0.512. The average Bonchev–Trinajstić information content (AvgIpc) is 3.24. The van der Waals surface area contributed by atoms with Crippen LogP contribution in [-0.2, 0) is 6.54 Å². The molecule has 0 atom stereocenters. The predicted molar refractivity (Wildman–Crippen MR) is 90.0 cm³/mol. The topological polar surface area (TPSA) is 87.0 Å². The van der Waals surface area contributed by atoms with Gasteiger partial charge in [-0.05, 0) is 48.5 Å². The largest absolute Gasteiger partial charge is 0.437 e.